The number of hydrogen-bond donors (Lipinski definition) is 0. The lowest BCUT2D eigenvalue weighted by molar-refractivity contribution is 1.08. The Labute approximate surface area is 124 Å². The number of benzene rings is 2. The molecule has 2 aromatic carbocycles. The topological polar surface area (TPSA) is 4.41 Å². The van der Waals surface area contributed by atoms with Crippen LogP contribution < -0.4 is 5.22 Å². The molecule has 96 valence electrons. The number of hydrogen-bond acceptors (Lipinski definition) is 0. The number of alkyl halides is 1. The van der Waals surface area contributed by atoms with E-state index in [0.717, 1.165) is 6.42 Å². The Hall–Kier alpha value is -1.80. The molecule has 0 radical (unpaired) electrons. The maximum absolute atomic E-state index is 3.80. The van der Waals surface area contributed by atoms with Gasteiger partial charge in [0.1, 0.15) is 0 Å². The largest absolute Gasteiger partial charge is 0.308 e. The van der Waals surface area contributed by atoms with Gasteiger partial charge in [-0.1, -0.05) is 58.4 Å². The van der Waals surface area contributed by atoms with Crippen LogP contribution in [-0.4, -0.2) is 9.23 Å². The fourth-order valence-electron chi connectivity index (χ4n) is 3.67. The number of para-hydroxylation sites is 2. The van der Waals surface area contributed by atoms with E-state index in [2.05, 4.69) is 74.9 Å². The van der Waals surface area contributed by atoms with Crippen molar-refractivity contribution in [2.75, 3.05) is 0 Å². The zero-order valence-electron chi connectivity index (χ0n) is 10.8. The van der Waals surface area contributed by atoms with Crippen LogP contribution in [0.2, 0.25) is 0 Å². The van der Waals surface area contributed by atoms with Gasteiger partial charge in [0.15, 0.2) is 0 Å². The highest BCUT2D eigenvalue weighted by Crippen LogP contribution is 2.33. The van der Waals surface area contributed by atoms with Crippen LogP contribution in [0.5, 0.6) is 0 Å². The fraction of sp³-hybridized carbons (Fsp3) is 0.111. The Bertz CT molecular complexity index is 1040. The Morgan fingerprint density at radius 1 is 0.900 bits per heavy atom. The normalized spacial score (nSPS) is 17.9. The van der Waals surface area contributed by atoms with Gasteiger partial charge < -0.3 is 4.40 Å². The molecule has 0 bridgehead atoms. The summed E-state index contributed by atoms with van der Waals surface area (Å²) in [5, 5.41) is 4.14. The average molecular weight is 322 g/mol. The van der Waals surface area contributed by atoms with Crippen LogP contribution >= 0.6 is 15.9 Å². The molecule has 0 saturated carbocycles. The number of halogens is 1. The predicted molar refractivity (Wildman–Crippen MR) is 88.5 cm³/mol. The van der Waals surface area contributed by atoms with Crippen molar-refractivity contribution >= 4 is 49.3 Å². The summed E-state index contributed by atoms with van der Waals surface area (Å²) in [6.07, 6.45) is 3.43. The Morgan fingerprint density at radius 3 is 2.35 bits per heavy atom. The minimum atomic E-state index is 0.426. The van der Waals surface area contributed by atoms with E-state index in [-0.39, 0.29) is 0 Å². The van der Waals surface area contributed by atoms with Gasteiger partial charge in [-0.15, -0.1) is 0 Å². The summed E-state index contributed by atoms with van der Waals surface area (Å²) in [5.74, 6) is 0. The quantitative estimate of drug-likeness (QED) is 0.430. The van der Waals surface area contributed by atoms with Crippen molar-refractivity contribution in [2.45, 2.75) is 11.2 Å². The van der Waals surface area contributed by atoms with Crippen LogP contribution in [0.3, 0.4) is 0 Å². The summed E-state index contributed by atoms with van der Waals surface area (Å²) >= 11 is 3.80. The first-order valence-corrected chi connectivity index (χ1v) is 7.84. The summed E-state index contributed by atoms with van der Waals surface area (Å²) in [7, 11) is 0. The summed E-state index contributed by atoms with van der Waals surface area (Å²) in [6, 6.07) is 17.5. The van der Waals surface area contributed by atoms with Gasteiger partial charge in [-0.05, 0) is 24.1 Å². The molecule has 1 aliphatic rings. The summed E-state index contributed by atoms with van der Waals surface area (Å²) in [4.78, 5) is 0.426. The molecule has 0 aliphatic heterocycles. The van der Waals surface area contributed by atoms with Crippen LogP contribution in [0.4, 0.5) is 0 Å². The predicted octanol–water partition coefficient (Wildman–Crippen LogP) is 4.06. The Balaban J connectivity index is 2.23. The molecule has 4 aromatic rings. The van der Waals surface area contributed by atoms with E-state index in [1.807, 2.05) is 0 Å². The third-order valence-electron chi connectivity index (χ3n) is 4.42. The summed E-state index contributed by atoms with van der Waals surface area (Å²) in [6.45, 7) is 0. The van der Waals surface area contributed by atoms with Crippen molar-refractivity contribution in [3.8, 4) is 0 Å². The van der Waals surface area contributed by atoms with E-state index in [0.29, 0.717) is 4.83 Å². The first kappa shape index (κ1) is 10.9. The minimum Gasteiger partial charge on any atom is -0.308 e. The highest BCUT2D eigenvalue weighted by molar-refractivity contribution is 9.09. The lowest BCUT2D eigenvalue weighted by atomic mass is 10.00. The third-order valence-corrected chi connectivity index (χ3v) is 5.00. The van der Waals surface area contributed by atoms with E-state index in [1.54, 1.807) is 0 Å². The first-order valence-electron chi connectivity index (χ1n) is 6.93. The summed E-state index contributed by atoms with van der Waals surface area (Å²) in [5.41, 5.74) is 5.53. The molecule has 2 heterocycles. The lowest BCUT2D eigenvalue weighted by Gasteiger charge is -2.09. The number of nitrogens with zero attached hydrogens (tertiary/aromatic N) is 1. The van der Waals surface area contributed by atoms with E-state index < -0.39 is 0 Å². The van der Waals surface area contributed by atoms with Gasteiger partial charge in [0, 0.05) is 20.8 Å². The second kappa shape index (κ2) is 3.64. The zero-order chi connectivity index (χ0) is 13.3. The molecule has 0 N–H and O–H groups in total. The molecule has 20 heavy (non-hydrogen) atoms. The van der Waals surface area contributed by atoms with Gasteiger partial charge >= 0.3 is 0 Å². The van der Waals surface area contributed by atoms with E-state index in [4.69, 9.17) is 0 Å². The molecule has 1 nitrogen and oxygen atoms in total. The minimum absolute atomic E-state index is 0.426. The monoisotopic (exact) mass is 321 g/mol. The van der Waals surface area contributed by atoms with Gasteiger partial charge in [0.05, 0.1) is 16.6 Å². The molecule has 2 aromatic heterocycles. The Morgan fingerprint density at radius 2 is 1.55 bits per heavy atom. The van der Waals surface area contributed by atoms with Crippen LogP contribution in [0.1, 0.15) is 5.56 Å². The molecule has 1 unspecified atom stereocenters. The maximum atomic E-state index is 3.80. The van der Waals surface area contributed by atoms with Crippen molar-refractivity contribution in [1.29, 1.82) is 0 Å². The van der Waals surface area contributed by atoms with Crippen LogP contribution in [0.25, 0.3) is 33.4 Å². The third kappa shape index (κ3) is 1.19. The molecule has 1 aliphatic carbocycles. The van der Waals surface area contributed by atoms with Crippen LogP contribution in [-0.2, 0) is 6.42 Å². The van der Waals surface area contributed by atoms with Crippen molar-refractivity contribution < 1.29 is 0 Å². The number of fused-ring (bicyclic) bond motifs is 6. The van der Waals surface area contributed by atoms with Crippen molar-refractivity contribution in [3.05, 3.63) is 59.3 Å². The molecular formula is C18H12BrN. The van der Waals surface area contributed by atoms with E-state index in [9.17, 15) is 0 Å². The molecule has 0 spiro atoms. The van der Waals surface area contributed by atoms with Gasteiger partial charge in [-0.25, -0.2) is 0 Å². The number of rotatable bonds is 0. The molecule has 1 atom stereocenters. The van der Waals surface area contributed by atoms with Gasteiger partial charge in [-0.2, -0.15) is 0 Å². The number of aromatic nitrogens is 1. The van der Waals surface area contributed by atoms with Gasteiger partial charge in [0.25, 0.3) is 0 Å². The molecular weight excluding hydrogens is 310 g/mol. The second-order valence-corrected chi connectivity index (χ2v) is 6.67. The van der Waals surface area contributed by atoms with Gasteiger partial charge in [0.2, 0.25) is 0 Å². The smallest absolute Gasteiger partial charge is 0.0577 e. The first-order chi connectivity index (χ1) is 9.84. The van der Waals surface area contributed by atoms with Crippen molar-refractivity contribution in [3.63, 3.8) is 0 Å². The van der Waals surface area contributed by atoms with Crippen LogP contribution in [0.15, 0.2) is 48.5 Å². The summed E-state index contributed by atoms with van der Waals surface area (Å²) < 4.78 is 2.44. The molecule has 5 rings (SSSR count). The highest BCUT2D eigenvalue weighted by atomic mass is 79.9. The van der Waals surface area contributed by atoms with Crippen molar-refractivity contribution in [2.24, 2.45) is 0 Å². The second-order valence-electron chi connectivity index (χ2n) is 5.50. The van der Waals surface area contributed by atoms with Crippen LogP contribution in [0, 0.1) is 0 Å². The molecule has 0 saturated heterocycles. The van der Waals surface area contributed by atoms with E-state index in [1.165, 1.54) is 38.1 Å². The van der Waals surface area contributed by atoms with E-state index >= 15 is 0 Å². The standard InChI is InChI=1S/C18H12BrN/c19-11-9-14-12-5-1-3-7-16(12)20-17-8-4-2-6-13(17)15(10-11)18(14)20/h1-9,11H,10H2. The van der Waals surface area contributed by atoms with Gasteiger partial charge in [-0.3, -0.25) is 0 Å². The highest BCUT2D eigenvalue weighted by Gasteiger charge is 2.22. The SMILES string of the molecule is BrC1C=c2c3ccccc3n3c2c(c2ccccc23)C1. The van der Waals surface area contributed by atoms with Crippen molar-refractivity contribution in [1.82, 2.24) is 4.40 Å². The molecule has 0 amide bonds. The zero-order valence-corrected chi connectivity index (χ0v) is 12.4. The average Bonchev–Trinajstić information content (AvgIpc) is 2.98. The molecule has 2 heteroatoms. The lowest BCUT2D eigenvalue weighted by Crippen LogP contribution is -2.13. The fourth-order valence-corrected chi connectivity index (χ4v) is 4.26. The Kier molecular flexibility index (Phi) is 1.99. The maximum Gasteiger partial charge on any atom is 0.0577 e. The molecule has 0 fully saturated rings.